The monoisotopic (exact) mass is 404 g/mol. The van der Waals surface area contributed by atoms with Gasteiger partial charge >= 0.3 is 0 Å². The Bertz CT molecular complexity index is 803. The van der Waals surface area contributed by atoms with Gasteiger partial charge in [-0.05, 0) is 69.2 Å². The summed E-state index contributed by atoms with van der Waals surface area (Å²) in [5.41, 5.74) is 4.27. The van der Waals surface area contributed by atoms with Crippen LogP contribution in [0.5, 0.6) is 5.75 Å². The van der Waals surface area contributed by atoms with Gasteiger partial charge in [-0.3, -0.25) is 9.80 Å². The maximum atomic E-state index is 6.35. The van der Waals surface area contributed by atoms with Crippen LogP contribution in [0.25, 0.3) is 6.08 Å². The molecule has 30 heavy (non-hydrogen) atoms. The average Bonchev–Trinajstić information content (AvgIpc) is 2.77. The first-order valence-electron chi connectivity index (χ1n) is 11.7. The number of benzene rings is 2. The molecule has 2 saturated heterocycles. The fourth-order valence-electron chi connectivity index (χ4n) is 4.66. The first-order valence-corrected chi connectivity index (χ1v) is 11.7. The van der Waals surface area contributed by atoms with E-state index in [-0.39, 0.29) is 6.23 Å². The largest absolute Gasteiger partial charge is 0.475 e. The third-order valence-electron chi connectivity index (χ3n) is 6.42. The highest BCUT2D eigenvalue weighted by atomic mass is 16.5. The number of hydrogen-bond acceptors (Lipinski definition) is 3. The van der Waals surface area contributed by atoms with Gasteiger partial charge in [0, 0.05) is 32.2 Å². The summed E-state index contributed by atoms with van der Waals surface area (Å²) in [6, 6.07) is 20.0. The standard InChI is InChI=1S/C27H36N2O/c1-22(2)29-17-7-6-10-27(29)30-26-13-11-25(12-14-26)21-28-18-15-24(16-19-28)20-23-8-4-3-5-9-23/h3-5,8-9,11-14,20,22,27H,6-7,10,15-19,21H2,1-2H3. The molecule has 0 aliphatic carbocycles. The summed E-state index contributed by atoms with van der Waals surface area (Å²) in [6.45, 7) is 8.99. The summed E-state index contributed by atoms with van der Waals surface area (Å²) < 4.78 is 6.35. The first kappa shape index (κ1) is 21.1. The van der Waals surface area contributed by atoms with Crippen molar-refractivity contribution in [3.63, 3.8) is 0 Å². The van der Waals surface area contributed by atoms with E-state index < -0.39 is 0 Å². The number of hydrogen-bond donors (Lipinski definition) is 0. The molecule has 160 valence electrons. The van der Waals surface area contributed by atoms with Crippen LogP contribution in [0.3, 0.4) is 0 Å². The van der Waals surface area contributed by atoms with Gasteiger partial charge in [-0.15, -0.1) is 0 Å². The minimum atomic E-state index is 0.224. The van der Waals surface area contributed by atoms with Gasteiger partial charge in [-0.25, -0.2) is 0 Å². The van der Waals surface area contributed by atoms with Crippen molar-refractivity contribution >= 4 is 6.08 Å². The van der Waals surface area contributed by atoms with Gasteiger partial charge in [0.05, 0.1) is 0 Å². The summed E-state index contributed by atoms with van der Waals surface area (Å²) in [4.78, 5) is 5.06. The molecule has 0 saturated carbocycles. The highest BCUT2D eigenvalue weighted by Gasteiger charge is 2.26. The molecule has 3 nitrogen and oxygen atoms in total. The van der Waals surface area contributed by atoms with Crippen molar-refractivity contribution in [3.05, 3.63) is 71.3 Å². The molecule has 0 N–H and O–H groups in total. The number of likely N-dealkylation sites (tertiary alicyclic amines) is 2. The van der Waals surface area contributed by atoms with E-state index in [1.54, 1.807) is 5.57 Å². The minimum Gasteiger partial charge on any atom is -0.475 e. The predicted molar refractivity (Wildman–Crippen MR) is 125 cm³/mol. The lowest BCUT2D eigenvalue weighted by Gasteiger charge is -2.38. The van der Waals surface area contributed by atoms with Crippen molar-refractivity contribution in [2.24, 2.45) is 0 Å². The second-order valence-corrected chi connectivity index (χ2v) is 9.03. The zero-order chi connectivity index (χ0) is 20.8. The normalized spacial score (nSPS) is 21.0. The smallest absolute Gasteiger partial charge is 0.152 e. The highest BCUT2D eigenvalue weighted by Crippen LogP contribution is 2.25. The highest BCUT2D eigenvalue weighted by molar-refractivity contribution is 5.52. The molecule has 4 rings (SSSR count). The summed E-state index contributed by atoms with van der Waals surface area (Å²) in [5, 5.41) is 0. The third kappa shape index (κ3) is 5.74. The van der Waals surface area contributed by atoms with Crippen LogP contribution in [0.2, 0.25) is 0 Å². The zero-order valence-electron chi connectivity index (χ0n) is 18.6. The maximum absolute atomic E-state index is 6.35. The van der Waals surface area contributed by atoms with Crippen LogP contribution in [0.1, 0.15) is 57.1 Å². The van der Waals surface area contributed by atoms with Crippen LogP contribution in [-0.4, -0.2) is 41.7 Å². The van der Waals surface area contributed by atoms with Crippen LogP contribution in [0.15, 0.2) is 60.2 Å². The number of piperidine rings is 2. The molecule has 0 aromatic heterocycles. The van der Waals surface area contributed by atoms with E-state index >= 15 is 0 Å². The Kier molecular flexibility index (Phi) is 7.24. The second-order valence-electron chi connectivity index (χ2n) is 9.03. The van der Waals surface area contributed by atoms with Gasteiger partial charge in [0.2, 0.25) is 0 Å². The molecule has 1 unspecified atom stereocenters. The van der Waals surface area contributed by atoms with Crippen molar-refractivity contribution in [3.8, 4) is 5.75 Å². The summed E-state index contributed by atoms with van der Waals surface area (Å²) >= 11 is 0. The van der Waals surface area contributed by atoms with Crippen LogP contribution in [0.4, 0.5) is 0 Å². The van der Waals surface area contributed by atoms with Crippen LogP contribution >= 0.6 is 0 Å². The van der Waals surface area contributed by atoms with E-state index in [1.165, 1.54) is 36.8 Å². The Balaban J connectivity index is 1.27. The molecule has 2 aromatic rings. The van der Waals surface area contributed by atoms with Gasteiger partial charge < -0.3 is 4.74 Å². The second kappa shape index (κ2) is 10.3. The molecular formula is C27H36N2O. The molecule has 2 fully saturated rings. The van der Waals surface area contributed by atoms with Gasteiger partial charge in [0.25, 0.3) is 0 Å². The number of nitrogens with zero attached hydrogens (tertiary/aromatic N) is 2. The summed E-state index contributed by atoms with van der Waals surface area (Å²) in [7, 11) is 0. The van der Waals surface area contributed by atoms with Crippen molar-refractivity contribution in [1.29, 1.82) is 0 Å². The first-order chi connectivity index (χ1) is 14.7. The topological polar surface area (TPSA) is 15.7 Å². The van der Waals surface area contributed by atoms with E-state index in [9.17, 15) is 0 Å². The maximum Gasteiger partial charge on any atom is 0.152 e. The van der Waals surface area contributed by atoms with Gasteiger partial charge in [0.15, 0.2) is 6.23 Å². The molecule has 2 aliphatic rings. The van der Waals surface area contributed by atoms with Crippen LogP contribution < -0.4 is 4.74 Å². The molecule has 0 radical (unpaired) electrons. The van der Waals surface area contributed by atoms with Crippen LogP contribution in [-0.2, 0) is 6.54 Å². The molecule has 0 spiro atoms. The van der Waals surface area contributed by atoms with Gasteiger partial charge in [0.1, 0.15) is 5.75 Å². The molecule has 3 heteroatoms. The average molecular weight is 405 g/mol. The number of rotatable bonds is 6. The Morgan fingerprint density at radius 3 is 2.37 bits per heavy atom. The summed E-state index contributed by atoms with van der Waals surface area (Å²) in [5.74, 6) is 1.00. The van der Waals surface area contributed by atoms with E-state index in [0.717, 1.165) is 38.3 Å². The molecular weight excluding hydrogens is 368 g/mol. The lowest BCUT2D eigenvalue weighted by Crippen LogP contribution is -2.46. The fraction of sp³-hybridized carbons (Fsp3) is 0.481. The zero-order valence-corrected chi connectivity index (χ0v) is 18.6. The van der Waals surface area contributed by atoms with Crippen molar-refractivity contribution in [2.75, 3.05) is 19.6 Å². The number of ether oxygens (including phenoxy) is 1. The Morgan fingerprint density at radius 2 is 1.67 bits per heavy atom. The quantitative estimate of drug-likeness (QED) is 0.590. The fourth-order valence-corrected chi connectivity index (χ4v) is 4.66. The molecule has 2 aliphatic heterocycles. The predicted octanol–water partition coefficient (Wildman–Crippen LogP) is 5.97. The van der Waals surface area contributed by atoms with Crippen molar-refractivity contribution in [1.82, 2.24) is 9.80 Å². The summed E-state index contributed by atoms with van der Waals surface area (Å²) in [6.07, 6.45) is 8.62. The van der Waals surface area contributed by atoms with Crippen LogP contribution in [0, 0.1) is 0 Å². The third-order valence-corrected chi connectivity index (χ3v) is 6.42. The lowest BCUT2D eigenvalue weighted by atomic mass is 10.0. The van der Waals surface area contributed by atoms with Crippen molar-refractivity contribution in [2.45, 2.75) is 64.8 Å². The molecule has 2 aromatic carbocycles. The van der Waals surface area contributed by atoms with E-state index in [2.05, 4.69) is 84.3 Å². The van der Waals surface area contributed by atoms with Gasteiger partial charge in [-0.2, -0.15) is 0 Å². The minimum absolute atomic E-state index is 0.224. The molecule has 2 heterocycles. The van der Waals surface area contributed by atoms with E-state index in [0.29, 0.717) is 6.04 Å². The SMILES string of the molecule is CC(C)N1CCCCC1Oc1ccc(CN2CCC(=Cc3ccccc3)CC2)cc1. The lowest BCUT2D eigenvalue weighted by molar-refractivity contribution is -0.0234. The van der Waals surface area contributed by atoms with Gasteiger partial charge in [-0.1, -0.05) is 54.1 Å². The Labute approximate surface area is 182 Å². The Morgan fingerprint density at radius 1 is 0.933 bits per heavy atom. The van der Waals surface area contributed by atoms with E-state index in [4.69, 9.17) is 4.74 Å². The Hall–Kier alpha value is -2.10. The van der Waals surface area contributed by atoms with E-state index in [1.807, 2.05) is 0 Å². The molecule has 0 bridgehead atoms. The molecule has 1 atom stereocenters. The molecule has 0 amide bonds. The van der Waals surface area contributed by atoms with Crippen molar-refractivity contribution < 1.29 is 4.74 Å².